The molecule has 0 fully saturated rings. The number of alkyl halides is 4. The SMILES string of the molecule is CC(C)(C)OC(=O)N1C(=O)C(F)c2cc(C(F)(F)F)ccc21. The molecule has 0 N–H and O–H groups in total. The Morgan fingerprint density at radius 2 is 1.82 bits per heavy atom. The van der Waals surface area contributed by atoms with E-state index in [4.69, 9.17) is 4.74 Å². The minimum Gasteiger partial charge on any atom is -0.443 e. The third-order valence-corrected chi connectivity index (χ3v) is 2.88. The van der Waals surface area contributed by atoms with Crippen LogP contribution in [0.3, 0.4) is 0 Å². The first-order chi connectivity index (χ1) is 9.92. The molecule has 1 aromatic rings. The van der Waals surface area contributed by atoms with E-state index in [0.29, 0.717) is 17.0 Å². The van der Waals surface area contributed by atoms with E-state index in [2.05, 4.69) is 0 Å². The Balaban J connectivity index is 2.43. The molecule has 8 heteroatoms. The van der Waals surface area contributed by atoms with Crippen LogP contribution in [0.5, 0.6) is 0 Å². The van der Waals surface area contributed by atoms with Crippen molar-refractivity contribution in [3.63, 3.8) is 0 Å². The third kappa shape index (κ3) is 2.90. The number of amides is 2. The molecule has 120 valence electrons. The number of imide groups is 1. The van der Waals surface area contributed by atoms with Gasteiger partial charge in [-0.1, -0.05) is 0 Å². The maximum Gasteiger partial charge on any atom is 0.421 e. The van der Waals surface area contributed by atoms with Crippen LogP contribution in [-0.2, 0) is 15.7 Å². The summed E-state index contributed by atoms with van der Waals surface area (Å²) in [5, 5.41) is 0. The van der Waals surface area contributed by atoms with Crippen LogP contribution in [-0.4, -0.2) is 17.6 Å². The number of rotatable bonds is 0. The van der Waals surface area contributed by atoms with Crippen LogP contribution in [0.1, 0.15) is 38.1 Å². The normalized spacial score (nSPS) is 18.4. The molecule has 0 spiro atoms. The second kappa shape index (κ2) is 4.96. The standard InChI is InChI=1S/C14H13F4NO3/c1-13(2,3)22-12(21)19-9-5-4-7(14(16,17)18)6-8(9)10(15)11(19)20/h4-6,10H,1-3H3. The number of fused-ring (bicyclic) bond motifs is 1. The number of benzene rings is 1. The first-order valence-electron chi connectivity index (χ1n) is 6.34. The Labute approximate surface area is 123 Å². The molecule has 1 aromatic carbocycles. The Kier molecular flexibility index (Phi) is 3.67. The maximum absolute atomic E-state index is 14.0. The predicted octanol–water partition coefficient (Wildman–Crippen LogP) is 4.00. The van der Waals surface area contributed by atoms with Gasteiger partial charge in [0.15, 0.2) is 0 Å². The largest absolute Gasteiger partial charge is 0.443 e. The third-order valence-electron chi connectivity index (χ3n) is 2.88. The van der Waals surface area contributed by atoms with Gasteiger partial charge in [-0.2, -0.15) is 13.2 Å². The fourth-order valence-corrected chi connectivity index (χ4v) is 2.00. The number of ether oxygens (including phenoxy) is 1. The van der Waals surface area contributed by atoms with Gasteiger partial charge in [0, 0.05) is 5.56 Å². The van der Waals surface area contributed by atoms with Crippen LogP contribution in [0.25, 0.3) is 0 Å². The summed E-state index contributed by atoms with van der Waals surface area (Å²) in [6.07, 6.45) is -8.12. The van der Waals surface area contributed by atoms with Crippen molar-refractivity contribution in [2.75, 3.05) is 4.90 Å². The molecule has 1 unspecified atom stereocenters. The zero-order valence-corrected chi connectivity index (χ0v) is 12.0. The molecule has 1 aliphatic rings. The average molecular weight is 319 g/mol. The van der Waals surface area contributed by atoms with Crippen LogP contribution >= 0.6 is 0 Å². The lowest BCUT2D eigenvalue weighted by atomic mass is 10.1. The Morgan fingerprint density at radius 1 is 1.23 bits per heavy atom. The predicted molar refractivity (Wildman–Crippen MR) is 69.0 cm³/mol. The van der Waals surface area contributed by atoms with Gasteiger partial charge >= 0.3 is 12.3 Å². The van der Waals surface area contributed by atoms with Crippen molar-refractivity contribution in [1.29, 1.82) is 0 Å². The quantitative estimate of drug-likeness (QED) is 0.679. The van der Waals surface area contributed by atoms with Gasteiger partial charge in [0.05, 0.1) is 11.3 Å². The second-order valence-corrected chi connectivity index (χ2v) is 5.79. The second-order valence-electron chi connectivity index (χ2n) is 5.79. The molecule has 1 atom stereocenters. The van der Waals surface area contributed by atoms with Crippen LogP contribution in [0.4, 0.5) is 28.0 Å². The number of hydrogen-bond acceptors (Lipinski definition) is 3. The molecule has 0 saturated heterocycles. The number of halogens is 4. The van der Waals surface area contributed by atoms with E-state index in [1.165, 1.54) is 0 Å². The Hall–Kier alpha value is -2.12. The number of carbonyl (C=O) groups excluding carboxylic acids is 2. The van der Waals surface area contributed by atoms with Crippen molar-refractivity contribution in [1.82, 2.24) is 0 Å². The van der Waals surface area contributed by atoms with Gasteiger partial charge in [-0.3, -0.25) is 4.79 Å². The minimum atomic E-state index is -4.67. The lowest BCUT2D eigenvalue weighted by Crippen LogP contribution is -2.39. The van der Waals surface area contributed by atoms with E-state index < -0.39 is 41.1 Å². The van der Waals surface area contributed by atoms with Gasteiger partial charge in [0.2, 0.25) is 6.17 Å². The summed E-state index contributed by atoms with van der Waals surface area (Å²) in [6, 6.07) is 2.10. The van der Waals surface area contributed by atoms with Crippen molar-refractivity contribution in [2.24, 2.45) is 0 Å². The van der Waals surface area contributed by atoms with Gasteiger partial charge in [-0.25, -0.2) is 14.1 Å². The van der Waals surface area contributed by atoms with Crippen molar-refractivity contribution >= 4 is 17.7 Å². The lowest BCUT2D eigenvalue weighted by molar-refractivity contribution is -0.137. The van der Waals surface area contributed by atoms with Gasteiger partial charge < -0.3 is 4.74 Å². The first kappa shape index (κ1) is 16.3. The summed E-state index contributed by atoms with van der Waals surface area (Å²) in [7, 11) is 0. The smallest absolute Gasteiger partial charge is 0.421 e. The van der Waals surface area contributed by atoms with Crippen molar-refractivity contribution in [2.45, 2.75) is 38.7 Å². The molecule has 0 bridgehead atoms. The Bertz CT molecular complexity index is 634. The van der Waals surface area contributed by atoms with Crippen molar-refractivity contribution in [3.05, 3.63) is 29.3 Å². The van der Waals surface area contributed by atoms with E-state index in [9.17, 15) is 27.2 Å². The number of hydrogen-bond donors (Lipinski definition) is 0. The molecule has 0 aliphatic carbocycles. The molecule has 0 saturated carbocycles. The van der Waals surface area contributed by atoms with Gasteiger partial charge in [-0.05, 0) is 39.0 Å². The lowest BCUT2D eigenvalue weighted by Gasteiger charge is -2.23. The fourth-order valence-electron chi connectivity index (χ4n) is 2.00. The van der Waals surface area contributed by atoms with E-state index in [1.54, 1.807) is 20.8 Å². The number of nitrogens with zero attached hydrogens (tertiary/aromatic N) is 1. The summed E-state index contributed by atoms with van der Waals surface area (Å²) in [5.41, 5.74) is -2.75. The molecular weight excluding hydrogens is 306 g/mol. The van der Waals surface area contributed by atoms with Gasteiger partial charge in [0.25, 0.3) is 5.91 Å². The Morgan fingerprint density at radius 3 is 2.32 bits per heavy atom. The van der Waals surface area contributed by atoms with Crippen molar-refractivity contribution < 1.29 is 31.9 Å². The van der Waals surface area contributed by atoms with E-state index in [1.807, 2.05) is 0 Å². The topological polar surface area (TPSA) is 46.6 Å². The molecule has 4 nitrogen and oxygen atoms in total. The fraction of sp³-hybridized carbons (Fsp3) is 0.429. The minimum absolute atomic E-state index is 0.236. The molecule has 0 aromatic heterocycles. The molecule has 1 aliphatic heterocycles. The maximum atomic E-state index is 14.0. The highest BCUT2D eigenvalue weighted by Crippen LogP contribution is 2.42. The zero-order valence-electron chi connectivity index (χ0n) is 12.0. The van der Waals surface area contributed by atoms with Gasteiger partial charge in [0.1, 0.15) is 5.60 Å². The summed E-state index contributed by atoms with van der Waals surface area (Å²) < 4.78 is 56.9. The number of anilines is 1. The molecule has 1 heterocycles. The molecule has 0 radical (unpaired) electrons. The molecule has 2 rings (SSSR count). The van der Waals surface area contributed by atoms with Gasteiger partial charge in [-0.15, -0.1) is 0 Å². The van der Waals surface area contributed by atoms with E-state index in [0.717, 1.165) is 6.07 Å². The summed E-state index contributed by atoms with van der Waals surface area (Å²) in [6.45, 7) is 4.64. The van der Waals surface area contributed by atoms with E-state index >= 15 is 0 Å². The summed E-state index contributed by atoms with van der Waals surface area (Å²) >= 11 is 0. The van der Waals surface area contributed by atoms with E-state index in [-0.39, 0.29) is 5.69 Å². The average Bonchev–Trinajstić information content (AvgIpc) is 2.58. The van der Waals surface area contributed by atoms with Crippen molar-refractivity contribution in [3.8, 4) is 0 Å². The van der Waals surface area contributed by atoms with Crippen LogP contribution in [0.15, 0.2) is 18.2 Å². The molecule has 22 heavy (non-hydrogen) atoms. The highest BCUT2D eigenvalue weighted by atomic mass is 19.4. The van der Waals surface area contributed by atoms with Crippen LogP contribution in [0, 0.1) is 0 Å². The highest BCUT2D eigenvalue weighted by molar-refractivity contribution is 6.18. The molecular formula is C14H13F4NO3. The van der Waals surface area contributed by atoms with Crippen LogP contribution in [0.2, 0.25) is 0 Å². The van der Waals surface area contributed by atoms with Crippen LogP contribution < -0.4 is 4.90 Å². The monoisotopic (exact) mass is 319 g/mol. The summed E-state index contributed by atoms with van der Waals surface area (Å²) in [4.78, 5) is 24.2. The summed E-state index contributed by atoms with van der Waals surface area (Å²) in [5.74, 6) is -1.26. The number of carbonyl (C=O) groups is 2. The zero-order chi connectivity index (χ0) is 16.9. The first-order valence-corrected chi connectivity index (χ1v) is 6.34. The highest BCUT2D eigenvalue weighted by Gasteiger charge is 2.44. The molecule has 2 amide bonds.